The van der Waals surface area contributed by atoms with Crippen molar-refractivity contribution < 1.29 is 23.1 Å². The van der Waals surface area contributed by atoms with E-state index in [9.17, 15) is 32.7 Å². The molecule has 33 heavy (non-hydrogen) atoms. The number of likely N-dealkylation sites (tertiary alicyclic amines) is 1. The van der Waals surface area contributed by atoms with Crippen molar-refractivity contribution in [2.45, 2.75) is 25.1 Å². The highest BCUT2D eigenvalue weighted by atomic mass is 19.4. The summed E-state index contributed by atoms with van der Waals surface area (Å²) in [4.78, 5) is 41.5. The molecule has 2 N–H and O–H groups in total. The zero-order valence-electron chi connectivity index (χ0n) is 17.5. The zero-order chi connectivity index (χ0) is 23.8. The van der Waals surface area contributed by atoms with Crippen molar-refractivity contribution in [3.63, 3.8) is 0 Å². The van der Waals surface area contributed by atoms with Gasteiger partial charge in [0.15, 0.2) is 0 Å². The molecule has 1 aliphatic heterocycles. The second-order valence-electron chi connectivity index (χ2n) is 8.20. The van der Waals surface area contributed by atoms with Gasteiger partial charge in [-0.05, 0) is 42.6 Å². The van der Waals surface area contributed by atoms with Crippen LogP contribution in [0.15, 0.2) is 58.1 Å². The number of piperidine rings is 1. The molecule has 0 spiro atoms. The van der Waals surface area contributed by atoms with Crippen molar-refractivity contribution in [2.24, 2.45) is 5.92 Å². The number of hydrogen-bond donors (Lipinski definition) is 2. The van der Waals surface area contributed by atoms with Gasteiger partial charge in [-0.25, -0.2) is 4.79 Å². The van der Waals surface area contributed by atoms with Gasteiger partial charge in [-0.3, -0.25) is 14.2 Å². The number of carbonyl (C=O) groups is 1. The molecule has 1 saturated heterocycles. The van der Waals surface area contributed by atoms with E-state index in [2.05, 4.69) is 4.98 Å². The third-order valence-electron chi connectivity index (χ3n) is 6.19. The fourth-order valence-corrected chi connectivity index (χ4v) is 4.46. The molecule has 0 aliphatic carbocycles. The van der Waals surface area contributed by atoms with Crippen molar-refractivity contribution in [1.82, 2.24) is 14.5 Å². The van der Waals surface area contributed by atoms with Crippen LogP contribution in [0, 0.1) is 5.92 Å². The van der Waals surface area contributed by atoms with Gasteiger partial charge in [0.05, 0.1) is 22.4 Å². The molecule has 10 heteroatoms. The van der Waals surface area contributed by atoms with Gasteiger partial charge in [0.25, 0.3) is 5.56 Å². The summed E-state index contributed by atoms with van der Waals surface area (Å²) in [7, 11) is 0. The number of fused-ring (bicyclic) bond motifs is 1. The predicted octanol–water partition coefficient (Wildman–Crippen LogP) is 2.90. The Bertz CT molecular complexity index is 1300. The van der Waals surface area contributed by atoms with E-state index in [0.29, 0.717) is 29.4 Å². The fourth-order valence-electron chi connectivity index (χ4n) is 4.46. The summed E-state index contributed by atoms with van der Waals surface area (Å²) >= 11 is 0. The highest BCUT2D eigenvalue weighted by Gasteiger charge is 2.37. The largest absolute Gasteiger partial charge is 0.481 e. The van der Waals surface area contributed by atoms with Crippen molar-refractivity contribution in [3.8, 4) is 0 Å². The van der Waals surface area contributed by atoms with Gasteiger partial charge < -0.3 is 15.0 Å². The number of carboxylic acid groups (broad SMARTS) is 1. The molecule has 2 unspecified atom stereocenters. The molecule has 7 nitrogen and oxygen atoms in total. The molecule has 1 aliphatic rings. The van der Waals surface area contributed by atoms with Crippen LogP contribution in [0.4, 0.5) is 13.2 Å². The monoisotopic (exact) mass is 461 g/mol. The van der Waals surface area contributed by atoms with Crippen LogP contribution in [-0.4, -0.2) is 45.2 Å². The lowest BCUT2D eigenvalue weighted by Gasteiger charge is -2.37. The van der Waals surface area contributed by atoms with Crippen LogP contribution in [0.25, 0.3) is 10.9 Å². The Hall–Kier alpha value is -3.40. The number of aromatic nitrogens is 2. The minimum Gasteiger partial charge on any atom is -0.481 e. The summed E-state index contributed by atoms with van der Waals surface area (Å²) in [6, 6.07) is 11.5. The molecule has 0 radical (unpaired) electrons. The summed E-state index contributed by atoms with van der Waals surface area (Å²) < 4.78 is 40.4. The van der Waals surface area contributed by atoms with E-state index in [4.69, 9.17) is 0 Å². The van der Waals surface area contributed by atoms with E-state index in [-0.39, 0.29) is 19.6 Å². The Morgan fingerprint density at radius 1 is 1.09 bits per heavy atom. The number of nitrogens with zero attached hydrogens (tertiary/aromatic N) is 2. The Labute approximate surface area is 186 Å². The molecule has 0 amide bonds. The highest BCUT2D eigenvalue weighted by Crippen LogP contribution is 2.36. The van der Waals surface area contributed by atoms with Crippen LogP contribution in [0.1, 0.15) is 23.5 Å². The number of nitrogens with one attached hydrogen (secondary N) is 1. The van der Waals surface area contributed by atoms with Crippen molar-refractivity contribution in [3.05, 3.63) is 80.5 Å². The molecular weight excluding hydrogens is 439 g/mol. The molecule has 1 aromatic heterocycles. The van der Waals surface area contributed by atoms with Gasteiger partial charge in [-0.1, -0.05) is 30.3 Å². The zero-order valence-corrected chi connectivity index (χ0v) is 17.5. The summed E-state index contributed by atoms with van der Waals surface area (Å²) in [6.45, 7) is 0.876. The standard InChI is InChI=1S/C23H22F3N3O4/c24-23(25,26)15-5-3-4-14(12-15)16-8-9-28(13-18(16)21(31)32)10-11-29-20(30)17-6-1-2-7-19(17)27-22(29)33/h1-7,12,16,18H,8-11,13H2,(H,27,33)(H,31,32). The van der Waals surface area contributed by atoms with Crippen LogP contribution >= 0.6 is 0 Å². The average Bonchev–Trinajstić information content (AvgIpc) is 2.78. The first-order valence-corrected chi connectivity index (χ1v) is 10.5. The lowest BCUT2D eigenvalue weighted by molar-refractivity contribution is -0.144. The lowest BCUT2D eigenvalue weighted by atomic mass is 9.80. The predicted molar refractivity (Wildman–Crippen MR) is 115 cm³/mol. The highest BCUT2D eigenvalue weighted by molar-refractivity contribution is 5.76. The van der Waals surface area contributed by atoms with E-state index in [1.165, 1.54) is 12.1 Å². The Balaban J connectivity index is 1.51. The maximum Gasteiger partial charge on any atom is 0.416 e. The van der Waals surface area contributed by atoms with Gasteiger partial charge in [0, 0.05) is 19.6 Å². The molecule has 2 heterocycles. The number of para-hydroxylation sites is 1. The van der Waals surface area contributed by atoms with Gasteiger partial charge in [-0.2, -0.15) is 13.2 Å². The van der Waals surface area contributed by atoms with E-state index in [0.717, 1.165) is 16.7 Å². The molecule has 2 atom stereocenters. The minimum absolute atomic E-state index is 0.0690. The van der Waals surface area contributed by atoms with Crippen LogP contribution in [0.5, 0.6) is 0 Å². The third kappa shape index (κ3) is 4.70. The number of H-pyrrole nitrogens is 1. The van der Waals surface area contributed by atoms with Crippen molar-refractivity contribution in [2.75, 3.05) is 19.6 Å². The third-order valence-corrected chi connectivity index (χ3v) is 6.19. The Morgan fingerprint density at radius 3 is 2.58 bits per heavy atom. The number of aromatic amines is 1. The maximum absolute atomic E-state index is 13.1. The second-order valence-corrected chi connectivity index (χ2v) is 8.20. The normalized spacial score (nSPS) is 19.6. The fraction of sp³-hybridized carbons (Fsp3) is 0.348. The number of aliphatic carboxylic acids is 1. The van der Waals surface area contributed by atoms with Gasteiger partial charge in [0.2, 0.25) is 0 Å². The smallest absolute Gasteiger partial charge is 0.416 e. The first-order chi connectivity index (χ1) is 15.6. The number of halogens is 3. The Kier molecular flexibility index (Phi) is 6.11. The molecule has 3 aromatic rings. The minimum atomic E-state index is -4.50. The van der Waals surface area contributed by atoms with Gasteiger partial charge in [0.1, 0.15) is 0 Å². The molecule has 0 bridgehead atoms. The summed E-state index contributed by atoms with van der Waals surface area (Å²) in [6.07, 6.45) is -4.16. The molecular formula is C23H22F3N3O4. The number of hydrogen-bond acceptors (Lipinski definition) is 4. The molecule has 0 saturated carbocycles. The molecule has 2 aromatic carbocycles. The number of carboxylic acids is 1. The van der Waals surface area contributed by atoms with E-state index in [1.54, 1.807) is 24.3 Å². The second kappa shape index (κ2) is 8.86. The van der Waals surface area contributed by atoms with Crippen LogP contribution < -0.4 is 11.2 Å². The summed E-state index contributed by atoms with van der Waals surface area (Å²) in [5.74, 6) is -2.57. The van der Waals surface area contributed by atoms with Crippen molar-refractivity contribution in [1.29, 1.82) is 0 Å². The van der Waals surface area contributed by atoms with E-state index < -0.39 is 40.8 Å². The van der Waals surface area contributed by atoms with Gasteiger partial charge >= 0.3 is 17.8 Å². The molecule has 174 valence electrons. The quantitative estimate of drug-likeness (QED) is 0.609. The topological polar surface area (TPSA) is 95.4 Å². The lowest BCUT2D eigenvalue weighted by Crippen LogP contribution is -2.46. The number of rotatable bonds is 5. The molecule has 1 fully saturated rings. The van der Waals surface area contributed by atoms with Gasteiger partial charge in [-0.15, -0.1) is 0 Å². The number of benzene rings is 2. The first-order valence-electron chi connectivity index (χ1n) is 10.5. The summed E-state index contributed by atoms with van der Waals surface area (Å²) in [5, 5.41) is 10.1. The van der Waals surface area contributed by atoms with Crippen molar-refractivity contribution >= 4 is 16.9 Å². The van der Waals surface area contributed by atoms with E-state index in [1.807, 2.05) is 4.90 Å². The number of alkyl halides is 3. The maximum atomic E-state index is 13.1. The average molecular weight is 461 g/mol. The first kappa shape index (κ1) is 22.8. The Morgan fingerprint density at radius 2 is 1.85 bits per heavy atom. The van der Waals surface area contributed by atoms with Crippen LogP contribution in [0.2, 0.25) is 0 Å². The van der Waals surface area contributed by atoms with Crippen LogP contribution in [-0.2, 0) is 17.5 Å². The summed E-state index contributed by atoms with van der Waals surface area (Å²) in [5.41, 5.74) is -0.993. The van der Waals surface area contributed by atoms with E-state index >= 15 is 0 Å². The molecule has 4 rings (SSSR count). The SMILES string of the molecule is O=C(O)C1CN(CCn2c(=O)[nH]c3ccccc3c2=O)CCC1c1cccc(C(F)(F)F)c1. The van der Waals surface area contributed by atoms with Crippen LogP contribution in [0.3, 0.4) is 0 Å².